The van der Waals surface area contributed by atoms with Gasteiger partial charge in [-0.3, -0.25) is 4.79 Å². The first kappa shape index (κ1) is 64.9. The minimum absolute atomic E-state index is 0.176. The van der Waals surface area contributed by atoms with Crippen molar-refractivity contribution in [1.29, 1.82) is 0 Å². The monoisotopic (exact) mass is 972 g/mol. The lowest BCUT2D eigenvalue weighted by molar-refractivity contribution is -0.302. The molecule has 0 aromatic rings. The third-order valence-corrected chi connectivity index (χ3v) is 13.6. The van der Waals surface area contributed by atoms with E-state index in [4.69, 9.17) is 9.47 Å². The average Bonchev–Trinajstić information content (AvgIpc) is 3.35. The Kier molecular flexibility index (Phi) is 46.5. The van der Waals surface area contributed by atoms with Gasteiger partial charge in [-0.05, 0) is 57.8 Å². The molecule has 1 heterocycles. The van der Waals surface area contributed by atoms with Gasteiger partial charge < -0.3 is 40.3 Å². The highest BCUT2D eigenvalue weighted by Crippen LogP contribution is 2.23. The summed E-state index contributed by atoms with van der Waals surface area (Å²) in [7, 11) is 0. The second kappa shape index (κ2) is 49.5. The number of ether oxygens (including phenoxy) is 2. The summed E-state index contributed by atoms with van der Waals surface area (Å²) in [6.07, 6.45) is 60.3. The molecule has 0 saturated carbocycles. The molecule has 7 atom stereocenters. The summed E-state index contributed by atoms with van der Waals surface area (Å²) in [6.45, 7) is 3.66. The molecule has 402 valence electrons. The van der Waals surface area contributed by atoms with Crippen molar-refractivity contribution in [3.05, 3.63) is 60.8 Å². The molecular weight excluding hydrogens is 863 g/mol. The normalized spacial score (nSPS) is 19.9. The maximum atomic E-state index is 13.0. The first-order valence-electron chi connectivity index (χ1n) is 29.0. The topological polar surface area (TPSA) is 149 Å². The zero-order chi connectivity index (χ0) is 50.1. The molecule has 1 aliphatic heterocycles. The highest BCUT2D eigenvalue weighted by atomic mass is 16.7. The lowest BCUT2D eigenvalue weighted by Crippen LogP contribution is -2.60. The summed E-state index contributed by atoms with van der Waals surface area (Å²) in [5, 5.41) is 54.3. The molecular formula is C60H109NO8. The van der Waals surface area contributed by atoms with E-state index < -0.39 is 49.5 Å². The van der Waals surface area contributed by atoms with Gasteiger partial charge in [-0.25, -0.2) is 0 Å². The minimum Gasteiger partial charge on any atom is -0.394 e. The summed E-state index contributed by atoms with van der Waals surface area (Å²) in [5.41, 5.74) is 0. The number of aliphatic hydroxyl groups excluding tert-OH is 5. The van der Waals surface area contributed by atoms with Crippen molar-refractivity contribution in [2.24, 2.45) is 0 Å². The third-order valence-electron chi connectivity index (χ3n) is 13.6. The van der Waals surface area contributed by atoms with Crippen molar-refractivity contribution in [2.45, 2.75) is 301 Å². The molecule has 0 aromatic carbocycles. The number of hydrogen-bond donors (Lipinski definition) is 6. The molecule has 1 saturated heterocycles. The van der Waals surface area contributed by atoms with E-state index in [1.807, 2.05) is 6.08 Å². The molecule has 0 aliphatic carbocycles. The van der Waals surface area contributed by atoms with Gasteiger partial charge in [-0.15, -0.1) is 0 Å². The molecule has 0 aromatic heterocycles. The second-order valence-electron chi connectivity index (χ2n) is 20.1. The summed E-state index contributed by atoms with van der Waals surface area (Å²) in [6, 6.07) is -0.803. The van der Waals surface area contributed by atoms with Crippen molar-refractivity contribution in [3.8, 4) is 0 Å². The van der Waals surface area contributed by atoms with E-state index >= 15 is 0 Å². The van der Waals surface area contributed by atoms with Crippen LogP contribution in [0.1, 0.15) is 258 Å². The van der Waals surface area contributed by atoms with E-state index in [2.05, 4.69) is 67.8 Å². The molecule has 0 bridgehead atoms. The van der Waals surface area contributed by atoms with Crippen LogP contribution in [0.4, 0.5) is 0 Å². The summed E-state index contributed by atoms with van der Waals surface area (Å²) in [4.78, 5) is 13.0. The zero-order valence-corrected chi connectivity index (χ0v) is 44.6. The summed E-state index contributed by atoms with van der Waals surface area (Å²) >= 11 is 0. The van der Waals surface area contributed by atoms with E-state index in [1.54, 1.807) is 6.08 Å². The molecule has 1 amide bonds. The fourth-order valence-corrected chi connectivity index (χ4v) is 9.03. The standard InChI is InChI=1S/C60H109NO8/c1-3-5-7-9-11-13-15-16-17-18-19-20-21-22-23-24-25-26-27-28-29-30-31-32-33-34-35-36-37-38-40-42-44-46-48-50-56(64)61-53(52-68-60-59(67)58(66)57(65)55(51-62)69-60)54(63)49-47-45-43-41-39-14-12-10-8-6-4-2/h5,7,11,13,16-17,19-20,47,49,53-55,57-60,62-63,65-67H,3-4,6,8-10,12,14-15,18,21-46,48,50-52H2,1-2H3,(H,61,64)/b7-5-,13-11-,17-16-,20-19-,49-47+. The van der Waals surface area contributed by atoms with E-state index in [0.29, 0.717) is 6.42 Å². The van der Waals surface area contributed by atoms with Gasteiger partial charge in [-0.2, -0.15) is 0 Å². The maximum Gasteiger partial charge on any atom is 0.220 e. The Morgan fingerprint density at radius 2 is 0.899 bits per heavy atom. The van der Waals surface area contributed by atoms with E-state index in [0.717, 1.165) is 64.2 Å². The highest BCUT2D eigenvalue weighted by molar-refractivity contribution is 5.76. The number of rotatable bonds is 49. The number of aliphatic hydroxyl groups is 5. The number of amides is 1. The van der Waals surface area contributed by atoms with Crippen LogP contribution >= 0.6 is 0 Å². The Labute approximate surface area is 424 Å². The van der Waals surface area contributed by atoms with Crippen molar-refractivity contribution >= 4 is 5.91 Å². The van der Waals surface area contributed by atoms with E-state index in [-0.39, 0.29) is 12.5 Å². The van der Waals surface area contributed by atoms with Crippen molar-refractivity contribution in [3.63, 3.8) is 0 Å². The molecule has 0 spiro atoms. The van der Waals surface area contributed by atoms with Crippen molar-refractivity contribution < 1.29 is 39.8 Å². The number of carbonyl (C=O) groups excluding carboxylic acids is 1. The highest BCUT2D eigenvalue weighted by Gasteiger charge is 2.44. The van der Waals surface area contributed by atoms with Gasteiger partial charge in [0.15, 0.2) is 6.29 Å². The first-order chi connectivity index (χ1) is 33.8. The first-order valence-corrected chi connectivity index (χ1v) is 29.0. The van der Waals surface area contributed by atoms with E-state index in [9.17, 15) is 30.3 Å². The Balaban J connectivity index is 2.07. The molecule has 0 radical (unpaired) electrons. The van der Waals surface area contributed by atoms with Gasteiger partial charge in [0.05, 0.1) is 25.4 Å². The van der Waals surface area contributed by atoms with Crippen LogP contribution < -0.4 is 5.32 Å². The van der Waals surface area contributed by atoms with Crippen molar-refractivity contribution in [2.75, 3.05) is 13.2 Å². The predicted octanol–water partition coefficient (Wildman–Crippen LogP) is 14.3. The van der Waals surface area contributed by atoms with Crippen LogP contribution in [0.25, 0.3) is 0 Å². The SMILES string of the molecule is CC/C=C\C/C=C\C/C=C\C/C=C\CCCCCCCCCCCCCCCCCCCCCCCCC(=O)NC(COC1OC(CO)C(O)C(O)C1O)C(O)/C=C/CCCCCCCCCCC. The summed E-state index contributed by atoms with van der Waals surface area (Å²) in [5.74, 6) is -0.176. The van der Waals surface area contributed by atoms with Gasteiger partial charge in [0.1, 0.15) is 24.4 Å². The molecule has 1 rings (SSSR count). The van der Waals surface area contributed by atoms with Gasteiger partial charge in [0, 0.05) is 6.42 Å². The Bertz CT molecular complexity index is 1270. The van der Waals surface area contributed by atoms with Crippen LogP contribution in [0.15, 0.2) is 60.8 Å². The van der Waals surface area contributed by atoms with Crippen LogP contribution in [-0.4, -0.2) is 87.5 Å². The lowest BCUT2D eigenvalue weighted by Gasteiger charge is -2.40. The quantitative estimate of drug-likeness (QED) is 0.0261. The number of unbranched alkanes of at least 4 members (excludes halogenated alkanes) is 31. The fraction of sp³-hybridized carbons (Fsp3) is 0.817. The average molecular weight is 973 g/mol. The minimum atomic E-state index is -1.57. The maximum absolute atomic E-state index is 13.0. The van der Waals surface area contributed by atoms with E-state index in [1.165, 1.54) is 173 Å². The molecule has 7 unspecified atom stereocenters. The Hall–Kier alpha value is -2.11. The Morgan fingerprint density at radius 3 is 1.33 bits per heavy atom. The molecule has 69 heavy (non-hydrogen) atoms. The van der Waals surface area contributed by atoms with Crippen LogP contribution in [-0.2, 0) is 14.3 Å². The second-order valence-corrected chi connectivity index (χ2v) is 20.1. The molecule has 1 aliphatic rings. The molecule has 9 heteroatoms. The van der Waals surface area contributed by atoms with Gasteiger partial charge in [0.2, 0.25) is 5.91 Å². The third kappa shape index (κ3) is 39.1. The van der Waals surface area contributed by atoms with Crippen LogP contribution in [0, 0.1) is 0 Å². The van der Waals surface area contributed by atoms with Crippen LogP contribution in [0.2, 0.25) is 0 Å². The van der Waals surface area contributed by atoms with Gasteiger partial charge in [0.25, 0.3) is 0 Å². The number of hydrogen-bond acceptors (Lipinski definition) is 8. The molecule has 1 fully saturated rings. The van der Waals surface area contributed by atoms with Gasteiger partial charge in [-0.1, -0.05) is 254 Å². The predicted molar refractivity (Wildman–Crippen MR) is 290 cm³/mol. The molecule has 6 N–H and O–H groups in total. The Morgan fingerprint density at radius 1 is 0.507 bits per heavy atom. The van der Waals surface area contributed by atoms with Crippen molar-refractivity contribution in [1.82, 2.24) is 5.32 Å². The largest absolute Gasteiger partial charge is 0.394 e. The summed E-state index contributed by atoms with van der Waals surface area (Å²) < 4.78 is 11.2. The lowest BCUT2D eigenvalue weighted by atomic mass is 9.99. The smallest absolute Gasteiger partial charge is 0.220 e. The zero-order valence-electron chi connectivity index (χ0n) is 44.6. The van der Waals surface area contributed by atoms with Gasteiger partial charge >= 0.3 is 0 Å². The van der Waals surface area contributed by atoms with Crippen LogP contribution in [0.3, 0.4) is 0 Å². The number of nitrogens with one attached hydrogen (secondary N) is 1. The number of carbonyl (C=O) groups is 1. The van der Waals surface area contributed by atoms with Crippen LogP contribution in [0.5, 0.6) is 0 Å². The number of allylic oxidation sites excluding steroid dienone is 9. The fourth-order valence-electron chi connectivity index (χ4n) is 9.03. The molecule has 9 nitrogen and oxygen atoms in total.